The lowest BCUT2D eigenvalue weighted by atomic mass is 9.99. The molecule has 1 aromatic heterocycles. The van der Waals surface area contributed by atoms with Crippen LogP contribution in [-0.2, 0) is 12.0 Å². The third-order valence-electron chi connectivity index (χ3n) is 3.99. The van der Waals surface area contributed by atoms with Crippen LogP contribution in [0.5, 0.6) is 5.75 Å². The third kappa shape index (κ3) is 3.37. The first-order chi connectivity index (χ1) is 10.1. The molecule has 1 fully saturated rings. The lowest BCUT2D eigenvalue weighted by Crippen LogP contribution is -2.34. The molecule has 1 aliphatic carbocycles. The molecule has 0 saturated heterocycles. The Bertz CT molecular complexity index is 639. The number of aromatic nitrogens is 2. The average molecular weight is 344 g/mol. The molecule has 0 atom stereocenters. The first-order valence-corrected chi connectivity index (χ1v) is 7.43. The van der Waals surface area contributed by atoms with Crippen LogP contribution in [0.3, 0.4) is 0 Å². The van der Waals surface area contributed by atoms with Crippen LogP contribution in [0.1, 0.15) is 43.0 Å². The monoisotopic (exact) mass is 343 g/mol. The predicted molar refractivity (Wildman–Crippen MR) is 86.7 cm³/mol. The van der Waals surface area contributed by atoms with Gasteiger partial charge in [0.05, 0.1) is 19.1 Å². The van der Waals surface area contributed by atoms with Crippen molar-refractivity contribution in [3.8, 4) is 5.75 Å². The summed E-state index contributed by atoms with van der Waals surface area (Å²) in [5, 5.41) is 4.71. The molecule has 0 aliphatic heterocycles. The molecule has 1 aromatic carbocycles. The molecule has 1 saturated carbocycles. The molecular weight excluding hydrogens is 325 g/mol. The molecule has 120 valence electrons. The van der Waals surface area contributed by atoms with Gasteiger partial charge in [0.2, 0.25) is 5.89 Å². The van der Waals surface area contributed by atoms with E-state index in [1.54, 1.807) is 13.2 Å². The second kappa shape index (κ2) is 6.86. The van der Waals surface area contributed by atoms with Crippen molar-refractivity contribution in [2.45, 2.75) is 37.6 Å². The molecule has 3 rings (SSSR count). The molecule has 0 bridgehead atoms. The van der Waals surface area contributed by atoms with Gasteiger partial charge in [0.15, 0.2) is 5.82 Å². The SMILES string of the molecule is COc1ccc(Cl)cc1Cc1nc(C2(N)CCCC2)no1.Cl. The van der Waals surface area contributed by atoms with Gasteiger partial charge in [-0.2, -0.15) is 4.98 Å². The largest absolute Gasteiger partial charge is 0.496 e. The molecule has 0 radical (unpaired) electrons. The summed E-state index contributed by atoms with van der Waals surface area (Å²) in [7, 11) is 1.62. The number of ether oxygens (including phenoxy) is 1. The molecule has 5 nitrogen and oxygen atoms in total. The predicted octanol–water partition coefficient (Wildman–Crippen LogP) is 3.47. The van der Waals surface area contributed by atoms with Crippen molar-refractivity contribution in [1.82, 2.24) is 10.1 Å². The van der Waals surface area contributed by atoms with Gasteiger partial charge in [0.1, 0.15) is 5.75 Å². The minimum Gasteiger partial charge on any atom is -0.496 e. The van der Waals surface area contributed by atoms with Crippen LogP contribution in [0.25, 0.3) is 0 Å². The molecule has 0 spiro atoms. The zero-order valence-corrected chi connectivity index (χ0v) is 13.9. The van der Waals surface area contributed by atoms with Gasteiger partial charge in [0.25, 0.3) is 0 Å². The summed E-state index contributed by atoms with van der Waals surface area (Å²) in [5.74, 6) is 1.89. The Hall–Kier alpha value is -1.30. The quantitative estimate of drug-likeness (QED) is 0.919. The maximum Gasteiger partial charge on any atom is 0.231 e. The first kappa shape index (κ1) is 17.1. The molecule has 2 N–H and O–H groups in total. The van der Waals surface area contributed by atoms with Gasteiger partial charge in [-0.05, 0) is 31.0 Å². The summed E-state index contributed by atoms with van der Waals surface area (Å²) in [6.45, 7) is 0. The van der Waals surface area contributed by atoms with E-state index in [-0.39, 0.29) is 12.4 Å². The number of halogens is 2. The number of nitrogens with two attached hydrogens (primary N) is 1. The van der Waals surface area contributed by atoms with E-state index in [1.807, 2.05) is 12.1 Å². The minimum absolute atomic E-state index is 0. The van der Waals surface area contributed by atoms with Crippen molar-refractivity contribution in [3.05, 3.63) is 40.5 Å². The van der Waals surface area contributed by atoms with Crippen LogP contribution in [0.2, 0.25) is 5.02 Å². The van der Waals surface area contributed by atoms with Gasteiger partial charge < -0.3 is 15.0 Å². The van der Waals surface area contributed by atoms with Gasteiger partial charge in [-0.25, -0.2) is 0 Å². The third-order valence-corrected chi connectivity index (χ3v) is 4.23. The summed E-state index contributed by atoms with van der Waals surface area (Å²) in [6, 6.07) is 5.46. The zero-order chi connectivity index (χ0) is 14.9. The van der Waals surface area contributed by atoms with Crippen LogP contribution >= 0.6 is 24.0 Å². The molecule has 1 aliphatic rings. The lowest BCUT2D eigenvalue weighted by Gasteiger charge is -2.17. The minimum atomic E-state index is -0.430. The molecule has 7 heteroatoms. The van der Waals surface area contributed by atoms with Gasteiger partial charge in [-0.1, -0.05) is 29.6 Å². The number of hydrogen-bond acceptors (Lipinski definition) is 5. The Kier molecular flexibility index (Phi) is 5.32. The van der Waals surface area contributed by atoms with E-state index in [4.69, 9.17) is 26.6 Å². The molecule has 2 aromatic rings. The highest BCUT2D eigenvalue weighted by Gasteiger charge is 2.35. The molecular formula is C15H19Cl2N3O2. The summed E-state index contributed by atoms with van der Waals surface area (Å²) in [4.78, 5) is 4.46. The van der Waals surface area contributed by atoms with Crippen molar-refractivity contribution in [3.63, 3.8) is 0 Å². The van der Waals surface area contributed by atoms with E-state index in [1.165, 1.54) is 0 Å². The molecule has 0 amide bonds. The second-order valence-corrected chi connectivity index (χ2v) is 5.94. The Balaban J connectivity index is 0.00000176. The van der Waals surface area contributed by atoms with E-state index in [0.717, 1.165) is 37.0 Å². The fourth-order valence-corrected chi connectivity index (χ4v) is 3.00. The molecule has 22 heavy (non-hydrogen) atoms. The normalized spacial score (nSPS) is 16.3. The molecule has 0 unspecified atom stereocenters. The van der Waals surface area contributed by atoms with E-state index < -0.39 is 5.54 Å². The number of nitrogens with zero attached hydrogens (tertiary/aromatic N) is 2. The summed E-state index contributed by atoms with van der Waals surface area (Å²) >= 11 is 6.03. The fraction of sp³-hybridized carbons (Fsp3) is 0.467. The maximum atomic E-state index is 6.34. The van der Waals surface area contributed by atoms with Crippen LogP contribution in [0.4, 0.5) is 0 Å². The number of benzene rings is 1. The van der Waals surface area contributed by atoms with E-state index in [2.05, 4.69) is 10.1 Å². The highest BCUT2D eigenvalue weighted by Crippen LogP contribution is 2.35. The Morgan fingerprint density at radius 1 is 1.36 bits per heavy atom. The number of hydrogen-bond donors (Lipinski definition) is 1. The van der Waals surface area contributed by atoms with Gasteiger partial charge in [-0.15, -0.1) is 12.4 Å². The Labute approximate surface area is 140 Å². The van der Waals surface area contributed by atoms with Crippen molar-refractivity contribution in [1.29, 1.82) is 0 Å². The highest BCUT2D eigenvalue weighted by atomic mass is 35.5. The van der Waals surface area contributed by atoms with Gasteiger partial charge >= 0.3 is 0 Å². The van der Waals surface area contributed by atoms with Crippen molar-refractivity contribution < 1.29 is 9.26 Å². The molecule has 1 heterocycles. The fourth-order valence-electron chi connectivity index (χ4n) is 2.81. The van der Waals surface area contributed by atoms with Crippen LogP contribution < -0.4 is 10.5 Å². The van der Waals surface area contributed by atoms with Crippen molar-refractivity contribution >= 4 is 24.0 Å². The van der Waals surface area contributed by atoms with Crippen molar-refractivity contribution in [2.75, 3.05) is 7.11 Å². The van der Waals surface area contributed by atoms with E-state index in [0.29, 0.717) is 23.2 Å². The smallest absolute Gasteiger partial charge is 0.231 e. The standard InChI is InChI=1S/C15H18ClN3O2.ClH/c1-20-12-5-4-11(16)8-10(12)9-13-18-14(19-21-13)15(17)6-2-3-7-15;/h4-5,8H,2-3,6-7,9,17H2,1H3;1H. The first-order valence-electron chi connectivity index (χ1n) is 7.05. The maximum absolute atomic E-state index is 6.34. The number of methoxy groups -OCH3 is 1. The summed E-state index contributed by atoms with van der Waals surface area (Å²) in [5.41, 5.74) is 6.82. The Morgan fingerprint density at radius 3 is 2.77 bits per heavy atom. The lowest BCUT2D eigenvalue weighted by molar-refractivity contribution is 0.350. The highest BCUT2D eigenvalue weighted by molar-refractivity contribution is 6.30. The average Bonchev–Trinajstić information content (AvgIpc) is 3.09. The zero-order valence-electron chi connectivity index (χ0n) is 12.3. The van der Waals surface area contributed by atoms with Crippen LogP contribution in [0, 0.1) is 0 Å². The second-order valence-electron chi connectivity index (χ2n) is 5.51. The van der Waals surface area contributed by atoms with E-state index >= 15 is 0 Å². The van der Waals surface area contributed by atoms with E-state index in [9.17, 15) is 0 Å². The summed E-state index contributed by atoms with van der Waals surface area (Å²) < 4.78 is 10.7. The Morgan fingerprint density at radius 2 is 2.09 bits per heavy atom. The number of rotatable bonds is 4. The summed E-state index contributed by atoms with van der Waals surface area (Å²) in [6.07, 6.45) is 4.52. The topological polar surface area (TPSA) is 74.2 Å². The van der Waals surface area contributed by atoms with Crippen molar-refractivity contribution in [2.24, 2.45) is 5.73 Å². The van der Waals surface area contributed by atoms with Crippen LogP contribution in [0.15, 0.2) is 22.7 Å². The van der Waals surface area contributed by atoms with Gasteiger partial charge in [0, 0.05) is 10.6 Å². The van der Waals surface area contributed by atoms with Crippen LogP contribution in [-0.4, -0.2) is 17.3 Å². The van der Waals surface area contributed by atoms with Gasteiger partial charge in [-0.3, -0.25) is 0 Å².